The summed E-state index contributed by atoms with van der Waals surface area (Å²) < 4.78 is 0. The fraction of sp³-hybridized carbons (Fsp3) is 0.462. The molecular weight excluding hydrogens is 200 g/mol. The number of rotatable bonds is 3. The van der Waals surface area contributed by atoms with E-state index in [4.69, 9.17) is 0 Å². The van der Waals surface area contributed by atoms with Crippen molar-refractivity contribution in [2.75, 3.05) is 18.4 Å². The Labute approximate surface area is 96.2 Å². The number of hydrogen-bond acceptors (Lipinski definition) is 2. The molecule has 0 spiro atoms. The summed E-state index contributed by atoms with van der Waals surface area (Å²) in [6.45, 7) is 6.02. The Morgan fingerprint density at radius 1 is 1.44 bits per heavy atom. The summed E-state index contributed by atoms with van der Waals surface area (Å²) in [4.78, 5) is 11.7. The predicted molar refractivity (Wildman–Crippen MR) is 65.5 cm³/mol. The van der Waals surface area contributed by atoms with Crippen LogP contribution in [0.1, 0.15) is 17.5 Å². The molecule has 86 valence electrons. The zero-order valence-electron chi connectivity index (χ0n) is 9.84. The molecule has 1 aromatic carbocycles. The molecule has 0 unspecified atom stereocenters. The van der Waals surface area contributed by atoms with Gasteiger partial charge in [-0.15, -0.1) is 0 Å². The van der Waals surface area contributed by atoms with Crippen molar-refractivity contribution in [3.05, 3.63) is 29.3 Å². The summed E-state index contributed by atoms with van der Waals surface area (Å²) in [6.07, 6.45) is 0.625. The number of carbonyl (C=O) groups is 1. The van der Waals surface area contributed by atoms with Gasteiger partial charge in [0, 0.05) is 12.1 Å². The molecule has 3 heteroatoms. The lowest BCUT2D eigenvalue weighted by Crippen LogP contribution is -2.43. The molecule has 2 N–H and O–H groups in total. The first-order valence-corrected chi connectivity index (χ1v) is 5.73. The first kappa shape index (κ1) is 11.1. The van der Waals surface area contributed by atoms with Gasteiger partial charge in [-0.1, -0.05) is 17.7 Å². The van der Waals surface area contributed by atoms with E-state index in [2.05, 4.69) is 23.6 Å². The van der Waals surface area contributed by atoms with Crippen molar-refractivity contribution < 1.29 is 4.79 Å². The maximum atomic E-state index is 11.7. The van der Waals surface area contributed by atoms with Crippen molar-refractivity contribution in [1.82, 2.24) is 5.32 Å². The van der Waals surface area contributed by atoms with Gasteiger partial charge in [-0.2, -0.15) is 0 Å². The zero-order valence-corrected chi connectivity index (χ0v) is 9.84. The SMILES string of the molecule is Cc1ccc(NC(=O)CC2CNC2)c(C)c1. The van der Waals surface area contributed by atoms with Gasteiger partial charge < -0.3 is 10.6 Å². The lowest BCUT2D eigenvalue weighted by Gasteiger charge is -2.26. The van der Waals surface area contributed by atoms with Crippen molar-refractivity contribution in [2.24, 2.45) is 5.92 Å². The molecule has 0 bridgehead atoms. The van der Waals surface area contributed by atoms with Crippen LogP contribution in [0.15, 0.2) is 18.2 Å². The van der Waals surface area contributed by atoms with Gasteiger partial charge in [0.15, 0.2) is 0 Å². The standard InChI is InChI=1S/C13H18N2O/c1-9-3-4-12(10(2)5-9)15-13(16)6-11-7-14-8-11/h3-5,11,14H,6-8H2,1-2H3,(H,15,16). The smallest absolute Gasteiger partial charge is 0.224 e. The van der Waals surface area contributed by atoms with Crippen LogP contribution in [-0.4, -0.2) is 19.0 Å². The normalized spacial score (nSPS) is 15.6. The Kier molecular flexibility index (Phi) is 3.25. The van der Waals surface area contributed by atoms with Crippen molar-refractivity contribution in [3.8, 4) is 0 Å². The van der Waals surface area contributed by atoms with Gasteiger partial charge in [-0.3, -0.25) is 4.79 Å². The molecule has 0 aromatic heterocycles. The van der Waals surface area contributed by atoms with Crippen LogP contribution in [0.4, 0.5) is 5.69 Å². The highest BCUT2D eigenvalue weighted by Gasteiger charge is 2.20. The molecule has 3 nitrogen and oxygen atoms in total. The Hall–Kier alpha value is -1.35. The van der Waals surface area contributed by atoms with Crippen LogP contribution in [0, 0.1) is 19.8 Å². The average molecular weight is 218 g/mol. The summed E-state index contributed by atoms with van der Waals surface area (Å²) in [7, 11) is 0. The van der Waals surface area contributed by atoms with E-state index in [-0.39, 0.29) is 5.91 Å². The number of nitrogens with one attached hydrogen (secondary N) is 2. The molecule has 0 atom stereocenters. The minimum atomic E-state index is 0.124. The molecule has 0 radical (unpaired) electrons. The second kappa shape index (κ2) is 4.66. The summed E-state index contributed by atoms with van der Waals surface area (Å²) in [5, 5.41) is 6.14. The Morgan fingerprint density at radius 2 is 2.19 bits per heavy atom. The highest BCUT2D eigenvalue weighted by Crippen LogP contribution is 2.17. The van der Waals surface area contributed by atoms with Crippen molar-refractivity contribution in [2.45, 2.75) is 20.3 Å². The average Bonchev–Trinajstić information content (AvgIpc) is 2.16. The molecule has 16 heavy (non-hydrogen) atoms. The third-order valence-electron chi connectivity index (χ3n) is 3.00. The number of anilines is 1. The number of hydrogen-bond donors (Lipinski definition) is 2. The van der Waals surface area contributed by atoms with Crippen LogP contribution in [0.3, 0.4) is 0 Å². The van der Waals surface area contributed by atoms with E-state index >= 15 is 0 Å². The largest absolute Gasteiger partial charge is 0.326 e. The third-order valence-corrected chi connectivity index (χ3v) is 3.00. The maximum absolute atomic E-state index is 11.7. The van der Waals surface area contributed by atoms with Gasteiger partial charge in [0.05, 0.1) is 0 Å². The van der Waals surface area contributed by atoms with E-state index in [9.17, 15) is 4.79 Å². The lowest BCUT2D eigenvalue weighted by molar-refractivity contribution is -0.117. The van der Waals surface area contributed by atoms with E-state index in [1.807, 2.05) is 19.1 Å². The maximum Gasteiger partial charge on any atom is 0.224 e. The first-order valence-electron chi connectivity index (χ1n) is 5.73. The molecule has 0 saturated carbocycles. The molecule has 1 fully saturated rings. The van der Waals surface area contributed by atoms with Crippen LogP contribution < -0.4 is 10.6 Å². The quantitative estimate of drug-likeness (QED) is 0.813. The molecule has 1 aliphatic heterocycles. The number of amides is 1. The van der Waals surface area contributed by atoms with E-state index in [0.29, 0.717) is 12.3 Å². The van der Waals surface area contributed by atoms with Gasteiger partial charge >= 0.3 is 0 Å². The molecule has 1 heterocycles. The predicted octanol–water partition coefficient (Wildman–Crippen LogP) is 1.85. The van der Waals surface area contributed by atoms with E-state index < -0.39 is 0 Å². The fourth-order valence-electron chi connectivity index (χ4n) is 1.91. The molecule has 1 aromatic rings. The molecule has 0 aliphatic carbocycles. The Morgan fingerprint density at radius 3 is 2.75 bits per heavy atom. The van der Waals surface area contributed by atoms with Gasteiger partial charge in [0.25, 0.3) is 0 Å². The molecular formula is C13H18N2O. The van der Waals surface area contributed by atoms with Crippen LogP contribution in [0.25, 0.3) is 0 Å². The molecule has 2 rings (SSSR count). The van der Waals surface area contributed by atoms with Crippen LogP contribution in [0.5, 0.6) is 0 Å². The first-order chi connectivity index (χ1) is 7.65. The summed E-state index contributed by atoms with van der Waals surface area (Å²) >= 11 is 0. The minimum Gasteiger partial charge on any atom is -0.326 e. The third kappa shape index (κ3) is 2.61. The Balaban J connectivity index is 1.94. The van der Waals surface area contributed by atoms with Crippen LogP contribution in [0.2, 0.25) is 0 Å². The lowest BCUT2D eigenvalue weighted by atomic mass is 9.99. The zero-order chi connectivity index (χ0) is 11.5. The van der Waals surface area contributed by atoms with Crippen molar-refractivity contribution >= 4 is 11.6 Å². The van der Waals surface area contributed by atoms with E-state index in [1.54, 1.807) is 0 Å². The minimum absolute atomic E-state index is 0.124. The number of benzene rings is 1. The van der Waals surface area contributed by atoms with E-state index in [1.165, 1.54) is 5.56 Å². The topological polar surface area (TPSA) is 41.1 Å². The highest BCUT2D eigenvalue weighted by atomic mass is 16.1. The van der Waals surface area contributed by atoms with E-state index in [0.717, 1.165) is 24.3 Å². The van der Waals surface area contributed by atoms with Crippen molar-refractivity contribution in [1.29, 1.82) is 0 Å². The summed E-state index contributed by atoms with van der Waals surface area (Å²) in [6, 6.07) is 6.08. The number of carbonyl (C=O) groups excluding carboxylic acids is 1. The fourth-order valence-corrected chi connectivity index (χ4v) is 1.91. The van der Waals surface area contributed by atoms with Gasteiger partial charge in [0.1, 0.15) is 0 Å². The molecule has 1 saturated heterocycles. The highest BCUT2D eigenvalue weighted by molar-refractivity contribution is 5.91. The summed E-state index contributed by atoms with van der Waals surface area (Å²) in [5.41, 5.74) is 3.28. The Bertz CT molecular complexity index is 397. The molecule has 1 amide bonds. The molecule has 1 aliphatic rings. The van der Waals surface area contributed by atoms with Gasteiger partial charge in [0.2, 0.25) is 5.91 Å². The number of aryl methyl sites for hydroxylation is 2. The van der Waals surface area contributed by atoms with Gasteiger partial charge in [-0.25, -0.2) is 0 Å². The van der Waals surface area contributed by atoms with Crippen molar-refractivity contribution in [3.63, 3.8) is 0 Å². The second-order valence-corrected chi connectivity index (χ2v) is 4.59. The monoisotopic (exact) mass is 218 g/mol. The van der Waals surface area contributed by atoms with Crippen LogP contribution >= 0.6 is 0 Å². The van der Waals surface area contributed by atoms with Gasteiger partial charge in [-0.05, 0) is 44.5 Å². The van der Waals surface area contributed by atoms with Crippen LogP contribution in [-0.2, 0) is 4.79 Å². The summed E-state index contributed by atoms with van der Waals surface area (Å²) in [5.74, 6) is 0.643. The second-order valence-electron chi connectivity index (χ2n) is 4.59.